The minimum absolute atomic E-state index is 0.0000520. The summed E-state index contributed by atoms with van der Waals surface area (Å²) < 4.78 is 5.66. The quantitative estimate of drug-likeness (QED) is 0.764. The van der Waals surface area contributed by atoms with Crippen LogP contribution in [0.3, 0.4) is 0 Å². The van der Waals surface area contributed by atoms with Crippen molar-refractivity contribution >= 4 is 5.91 Å². The first-order valence-corrected chi connectivity index (χ1v) is 7.92. The van der Waals surface area contributed by atoms with E-state index in [2.05, 4.69) is 4.98 Å². The van der Waals surface area contributed by atoms with Crippen LogP contribution < -0.4 is 0 Å². The maximum Gasteiger partial charge on any atom is 0.255 e. The van der Waals surface area contributed by atoms with E-state index in [1.807, 2.05) is 17.9 Å². The highest BCUT2D eigenvalue weighted by Gasteiger charge is 2.56. The maximum absolute atomic E-state index is 12.5. The lowest BCUT2D eigenvalue weighted by molar-refractivity contribution is -0.211. The molecule has 122 valence electrons. The number of rotatable bonds is 4. The average Bonchev–Trinajstić information content (AvgIpc) is 2.96. The Morgan fingerprint density at radius 1 is 1.50 bits per heavy atom. The molecule has 2 heterocycles. The second-order valence-corrected chi connectivity index (χ2v) is 6.38. The fourth-order valence-corrected chi connectivity index (χ4v) is 3.79. The van der Waals surface area contributed by atoms with Gasteiger partial charge in [0, 0.05) is 36.8 Å². The van der Waals surface area contributed by atoms with E-state index in [4.69, 9.17) is 9.84 Å². The molecule has 0 bridgehead atoms. The Labute approximate surface area is 130 Å². The van der Waals surface area contributed by atoms with E-state index >= 15 is 0 Å². The Balaban J connectivity index is 1.62. The summed E-state index contributed by atoms with van der Waals surface area (Å²) in [6.07, 6.45) is 3.55. The van der Waals surface area contributed by atoms with Gasteiger partial charge in [-0.05, 0) is 25.8 Å². The third-order valence-corrected chi connectivity index (χ3v) is 5.32. The molecule has 0 aromatic carbocycles. The van der Waals surface area contributed by atoms with Crippen LogP contribution in [0.1, 0.15) is 35.3 Å². The first kappa shape index (κ1) is 15.5. The second kappa shape index (κ2) is 6.02. The van der Waals surface area contributed by atoms with Gasteiger partial charge in [0.15, 0.2) is 0 Å². The Morgan fingerprint density at radius 3 is 2.77 bits per heavy atom. The minimum atomic E-state index is -0.359. The van der Waals surface area contributed by atoms with Crippen LogP contribution in [0, 0.1) is 12.3 Å². The summed E-state index contributed by atoms with van der Waals surface area (Å²) in [6, 6.07) is 1.81. The summed E-state index contributed by atoms with van der Waals surface area (Å²) in [7, 11) is 0. The van der Waals surface area contributed by atoms with E-state index in [-0.39, 0.29) is 30.1 Å². The lowest BCUT2D eigenvalue weighted by atomic mass is 9.58. The van der Waals surface area contributed by atoms with Crippen molar-refractivity contribution in [2.45, 2.75) is 38.4 Å². The van der Waals surface area contributed by atoms with Gasteiger partial charge in [-0.3, -0.25) is 4.79 Å². The Kier molecular flexibility index (Phi) is 4.25. The molecule has 1 saturated carbocycles. The van der Waals surface area contributed by atoms with Gasteiger partial charge in [-0.15, -0.1) is 0 Å². The summed E-state index contributed by atoms with van der Waals surface area (Å²) >= 11 is 0. The Morgan fingerprint density at radius 2 is 2.23 bits per heavy atom. The predicted molar refractivity (Wildman–Crippen MR) is 80.5 cm³/mol. The van der Waals surface area contributed by atoms with Crippen LogP contribution in [0.5, 0.6) is 0 Å². The monoisotopic (exact) mass is 308 g/mol. The van der Waals surface area contributed by atoms with Crippen molar-refractivity contribution < 1.29 is 19.7 Å². The topological polar surface area (TPSA) is 85.8 Å². The van der Waals surface area contributed by atoms with E-state index < -0.39 is 0 Å². The summed E-state index contributed by atoms with van der Waals surface area (Å²) in [5, 5.41) is 19.1. The molecule has 1 spiro atoms. The number of amides is 1. The molecule has 2 atom stereocenters. The second-order valence-electron chi connectivity index (χ2n) is 6.38. The van der Waals surface area contributed by atoms with Crippen molar-refractivity contribution in [2.24, 2.45) is 5.41 Å². The van der Waals surface area contributed by atoms with Crippen LogP contribution in [-0.2, 0) is 4.74 Å². The van der Waals surface area contributed by atoms with Gasteiger partial charge < -0.3 is 24.8 Å². The molecule has 1 amide bonds. The van der Waals surface area contributed by atoms with Crippen LogP contribution >= 0.6 is 0 Å². The molecule has 1 aliphatic heterocycles. The molecule has 6 heteroatoms. The molecular weight excluding hydrogens is 284 g/mol. The van der Waals surface area contributed by atoms with Crippen LogP contribution in [0.25, 0.3) is 0 Å². The minimum Gasteiger partial charge on any atom is -0.394 e. The third kappa shape index (κ3) is 2.45. The van der Waals surface area contributed by atoms with E-state index in [1.165, 1.54) is 0 Å². The zero-order valence-corrected chi connectivity index (χ0v) is 12.9. The van der Waals surface area contributed by atoms with Crippen molar-refractivity contribution in [2.75, 3.05) is 26.3 Å². The van der Waals surface area contributed by atoms with Crippen molar-refractivity contribution in [1.82, 2.24) is 9.88 Å². The summed E-state index contributed by atoms with van der Waals surface area (Å²) in [6.45, 7) is 3.48. The van der Waals surface area contributed by atoms with E-state index in [0.717, 1.165) is 24.1 Å². The number of hydrogen-bond acceptors (Lipinski definition) is 4. The van der Waals surface area contributed by atoms with Crippen molar-refractivity contribution in [3.8, 4) is 0 Å². The fraction of sp³-hybridized carbons (Fsp3) is 0.688. The van der Waals surface area contributed by atoms with Crippen molar-refractivity contribution in [3.05, 3.63) is 23.5 Å². The standard InChI is InChI=1S/C16H24N2O4/c1-11-12(2-5-17-11)15(21)18-6-3-16(4-7-18)13(20)10-14(16)22-9-8-19/h2,5,13-14,17,19-20H,3-4,6-10H2,1H3/t13-,14+/m1/s1. The van der Waals surface area contributed by atoms with Gasteiger partial charge in [-0.25, -0.2) is 0 Å². The maximum atomic E-state index is 12.5. The number of likely N-dealkylation sites (tertiary alicyclic amines) is 1. The number of nitrogens with one attached hydrogen (secondary N) is 1. The summed E-state index contributed by atoms with van der Waals surface area (Å²) in [5.41, 5.74) is 1.37. The summed E-state index contributed by atoms with van der Waals surface area (Å²) in [5.74, 6) is 0.0511. The number of carbonyl (C=O) groups is 1. The normalized spacial score (nSPS) is 27.0. The molecule has 1 saturated heterocycles. The average molecular weight is 308 g/mol. The van der Waals surface area contributed by atoms with E-state index in [9.17, 15) is 9.90 Å². The smallest absolute Gasteiger partial charge is 0.255 e. The SMILES string of the molecule is Cc1[nH]ccc1C(=O)N1CCC2(CC1)[C@H](O)C[C@@H]2OCCO. The van der Waals surface area contributed by atoms with Crippen LogP contribution in [0.15, 0.2) is 12.3 Å². The van der Waals surface area contributed by atoms with Gasteiger partial charge in [0.05, 0.1) is 31.0 Å². The van der Waals surface area contributed by atoms with Gasteiger partial charge in [0.2, 0.25) is 0 Å². The van der Waals surface area contributed by atoms with Crippen molar-refractivity contribution in [1.29, 1.82) is 0 Å². The third-order valence-electron chi connectivity index (χ3n) is 5.32. The Bertz CT molecular complexity index is 534. The molecule has 3 N–H and O–H groups in total. The molecule has 3 rings (SSSR count). The highest BCUT2D eigenvalue weighted by atomic mass is 16.5. The van der Waals surface area contributed by atoms with Crippen LogP contribution in [0.2, 0.25) is 0 Å². The molecule has 22 heavy (non-hydrogen) atoms. The number of ether oxygens (including phenoxy) is 1. The van der Waals surface area contributed by atoms with Crippen LogP contribution in [-0.4, -0.2) is 64.5 Å². The number of hydrogen-bond donors (Lipinski definition) is 3. The molecule has 2 aliphatic rings. The highest BCUT2D eigenvalue weighted by molar-refractivity contribution is 5.95. The Hall–Kier alpha value is -1.37. The summed E-state index contributed by atoms with van der Waals surface area (Å²) in [4.78, 5) is 17.4. The van der Waals surface area contributed by atoms with Gasteiger partial charge in [-0.2, -0.15) is 0 Å². The number of carbonyl (C=O) groups excluding carboxylic acids is 1. The number of aromatic amines is 1. The number of aliphatic hydroxyl groups excluding tert-OH is 2. The largest absolute Gasteiger partial charge is 0.394 e. The number of aromatic nitrogens is 1. The number of piperidine rings is 1. The van der Waals surface area contributed by atoms with Gasteiger partial charge in [0.1, 0.15) is 0 Å². The molecule has 2 fully saturated rings. The van der Waals surface area contributed by atoms with E-state index in [1.54, 1.807) is 6.20 Å². The van der Waals surface area contributed by atoms with Crippen molar-refractivity contribution in [3.63, 3.8) is 0 Å². The zero-order chi connectivity index (χ0) is 15.7. The molecule has 0 radical (unpaired) electrons. The number of H-pyrrole nitrogens is 1. The fourth-order valence-electron chi connectivity index (χ4n) is 3.79. The zero-order valence-electron chi connectivity index (χ0n) is 12.9. The van der Waals surface area contributed by atoms with Gasteiger partial charge in [-0.1, -0.05) is 0 Å². The molecule has 1 aliphatic carbocycles. The molecule has 1 aromatic rings. The molecule has 6 nitrogen and oxygen atoms in total. The number of nitrogens with zero attached hydrogens (tertiary/aromatic N) is 1. The lowest BCUT2D eigenvalue weighted by Crippen LogP contribution is -2.62. The lowest BCUT2D eigenvalue weighted by Gasteiger charge is -2.56. The highest BCUT2D eigenvalue weighted by Crippen LogP contribution is 2.51. The number of aliphatic hydroxyl groups is 2. The number of aryl methyl sites for hydroxylation is 1. The van der Waals surface area contributed by atoms with Crippen LogP contribution in [0.4, 0.5) is 0 Å². The predicted octanol–water partition coefficient (Wildman–Crippen LogP) is 0.688. The van der Waals surface area contributed by atoms with Gasteiger partial charge >= 0.3 is 0 Å². The van der Waals surface area contributed by atoms with E-state index in [0.29, 0.717) is 26.1 Å². The van der Waals surface area contributed by atoms with Gasteiger partial charge in [0.25, 0.3) is 5.91 Å². The first-order valence-electron chi connectivity index (χ1n) is 7.92. The molecular formula is C16H24N2O4. The molecule has 1 aromatic heterocycles. The molecule has 0 unspecified atom stereocenters. The first-order chi connectivity index (χ1) is 10.6.